The average Bonchev–Trinajstić information content (AvgIpc) is 3.08. The number of hydrogen-bond acceptors (Lipinski definition) is 4. The Balaban J connectivity index is 1.73. The van der Waals surface area contributed by atoms with Gasteiger partial charge in [0.25, 0.3) is 17.7 Å². The fraction of sp³-hybridized carbons (Fsp3) is 0.118. The van der Waals surface area contributed by atoms with Crippen LogP contribution in [-0.4, -0.2) is 28.5 Å². The van der Waals surface area contributed by atoms with Crippen molar-refractivity contribution in [2.75, 3.05) is 11.1 Å². The Kier molecular flexibility index (Phi) is 3.31. The molecule has 2 N–H and O–H groups in total. The van der Waals surface area contributed by atoms with Crippen LogP contribution in [0.25, 0.3) is 0 Å². The molecule has 0 bridgehead atoms. The quantitative estimate of drug-likeness (QED) is 0.873. The summed E-state index contributed by atoms with van der Waals surface area (Å²) in [5.41, 5.74) is 4.37. The molecule has 2 aromatic carbocycles. The summed E-state index contributed by atoms with van der Waals surface area (Å²) >= 11 is 1.21. The first kappa shape index (κ1) is 14.8. The number of benzene rings is 2. The van der Waals surface area contributed by atoms with Gasteiger partial charge >= 0.3 is 0 Å². The number of carbonyl (C=O) groups excluding carboxylic acids is 3. The second-order valence-electron chi connectivity index (χ2n) is 5.47. The smallest absolute Gasteiger partial charge is 0.269 e. The minimum Gasteiger partial charge on any atom is -0.322 e. The molecule has 2 aliphatic heterocycles. The molecule has 0 radical (unpaired) electrons. The maximum atomic E-state index is 12.7. The van der Waals surface area contributed by atoms with Gasteiger partial charge in [-0.25, -0.2) is 5.01 Å². The van der Waals surface area contributed by atoms with E-state index in [0.717, 1.165) is 5.01 Å². The van der Waals surface area contributed by atoms with Crippen molar-refractivity contribution in [3.8, 4) is 0 Å². The molecule has 2 aromatic rings. The Morgan fingerprint density at radius 3 is 2.58 bits per heavy atom. The van der Waals surface area contributed by atoms with Crippen LogP contribution in [0.1, 0.15) is 15.9 Å². The summed E-state index contributed by atoms with van der Waals surface area (Å²) in [6.07, 6.45) is 0. The van der Waals surface area contributed by atoms with Crippen LogP contribution in [0.4, 0.5) is 5.69 Å². The van der Waals surface area contributed by atoms with Gasteiger partial charge in [0.05, 0.1) is 5.75 Å². The second kappa shape index (κ2) is 5.38. The largest absolute Gasteiger partial charge is 0.322 e. The number of thioether (sulfide) groups is 1. The van der Waals surface area contributed by atoms with Gasteiger partial charge in [-0.3, -0.25) is 19.8 Å². The third kappa shape index (κ3) is 2.01. The molecule has 2 aliphatic rings. The van der Waals surface area contributed by atoms with Crippen LogP contribution >= 0.6 is 11.8 Å². The second-order valence-corrected chi connectivity index (χ2v) is 6.64. The van der Waals surface area contributed by atoms with Crippen LogP contribution in [-0.2, 0) is 14.5 Å². The first-order valence-corrected chi connectivity index (χ1v) is 8.35. The number of nitrogens with one attached hydrogen (secondary N) is 2. The summed E-state index contributed by atoms with van der Waals surface area (Å²) in [7, 11) is 0. The lowest BCUT2D eigenvalue weighted by Gasteiger charge is -2.32. The molecule has 120 valence electrons. The predicted molar refractivity (Wildman–Crippen MR) is 90.0 cm³/mol. The molecule has 4 rings (SSSR count). The first-order chi connectivity index (χ1) is 11.6. The predicted octanol–water partition coefficient (Wildman–Crippen LogP) is 1.71. The Hall–Kier alpha value is -2.80. The molecule has 24 heavy (non-hydrogen) atoms. The summed E-state index contributed by atoms with van der Waals surface area (Å²) in [5, 5.41) is 3.95. The van der Waals surface area contributed by atoms with E-state index in [4.69, 9.17) is 0 Å². The molecule has 1 atom stereocenters. The highest BCUT2D eigenvalue weighted by Gasteiger charge is 2.58. The van der Waals surface area contributed by atoms with Gasteiger partial charge in [-0.05, 0) is 18.2 Å². The molecule has 0 saturated carbocycles. The Labute approximate surface area is 142 Å². The van der Waals surface area contributed by atoms with Crippen molar-refractivity contribution < 1.29 is 14.4 Å². The van der Waals surface area contributed by atoms with E-state index in [2.05, 4.69) is 10.7 Å². The third-order valence-corrected chi connectivity index (χ3v) is 5.46. The van der Waals surface area contributed by atoms with E-state index in [1.165, 1.54) is 11.8 Å². The highest BCUT2D eigenvalue weighted by atomic mass is 32.2. The molecule has 1 unspecified atom stereocenters. The van der Waals surface area contributed by atoms with E-state index in [1.54, 1.807) is 48.5 Å². The summed E-state index contributed by atoms with van der Waals surface area (Å²) < 4.78 is 0. The van der Waals surface area contributed by atoms with Crippen molar-refractivity contribution >= 4 is 35.2 Å². The zero-order valence-electron chi connectivity index (χ0n) is 12.5. The zero-order chi connectivity index (χ0) is 16.7. The molecular formula is C17H13N3O3S. The number of fused-ring (bicyclic) bond motifs is 2. The molecular weight excluding hydrogens is 326 g/mol. The number of hydrazine groups is 1. The summed E-state index contributed by atoms with van der Waals surface area (Å²) in [6.45, 7) is 0. The van der Waals surface area contributed by atoms with E-state index in [9.17, 15) is 14.4 Å². The lowest BCUT2D eigenvalue weighted by Crippen LogP contribution is -2.55. The molecule has 3 amide bonds. The van der Waals surface area contributed by atoms with Crippen LogP contribution in [0.15, 0.2) is 54.6 Å². The van der Waals surface area contributed by atoms with Crippen molar-refractivity contribution in [2.45, 2.75) is 4.87 Å². The SMILES string of the molecule is O=C(NN1C(=O)CSC12C(=O)Nc1ccccc12)c1ccccc1. The van der Waals surface area contributed by atoms with E-state index >= 15 is 0 Å². The van der Waals surface area contributed by atoms with E-state index in [-0.39, 0.29) is 17.6 Å². The third-order valence-electron chi connectivity index (χ3n) is 4.07. The number of nitrogens with zero attached hydrogens (tertiary/aromatic N) is 1. The van der Waals surface area contributed by atoms with Crippen LogP contribution in [0.5, 0.6) is 0 Å². The van der Waals surface area contributed by atoms with Gasteiger partial charge in [-0.1, -0.05) is 36.4 Å². The summed E-state index contributed by atoms with van der Waals surface area (Å²) in [6, 6.07) is 15.8. The number of anilines is 1. The van der Waals surface area contributed by atoms with Gasteiger partial charge in [0.1, 0.15) is 0 Å². The number of amides is 3. The molecule has 6 nitrogen and oxygen atoms in total. The lowest BCUT2D eigenvalue weighted by atomic mass is 10.1. The van der Waals surface area contributed by atoms with Crippen molar-refractivity contribution in [3.63, 3.8) is 0 Å². The highest BCUT2D eigenvalue weighted by Crippen LogP contribution is 2.51. The van der Waals surface area contributed by atoms with Gasteiger partial charge in [0.2, 0.25) is 4.87 Å². The van der Waals surface area contributed by atoms with Crippen LogP contribution in [0.3, 0.4) is 0 Å². The van der Waals surface area contributed by atoms with E-state index < -0.39 is 10.8 Å². The molecule has 2 heterocycles. The molecule has 0 aliphatic carbocycles. The minimum absolute atomic E-state index is 0.122. The first-order valence-electron chi connectivity index (χ1n) is 7.37. The number of carbonyl (C=O) groups is 3. The van der Waals surface area contributed by atoms with Crippen LogP contribution in [0.2, 0.25) is 0 Å². The molecule has 7 heteroatoms. The minimum atomic E-state index is -1.25. The van der Waals surface area contributed by atoms with E-state index in [1.807, 2.05) is 6.07 Å². The van der Waals surface area contributed by atoms with Crippen molar-refractivity contribution in [3.05, 3.63) is 65.7 Å². The van der Waals surface area contributed by atoms with Gasteiger partial charge < -0.3 is 5.32 Å². The standard InChI is InChI=1S/C17H13N3O3S/c21-14-10-24-17(12-8-4-5-9-13(12)18-16(17)23)20(14)19-15(22)11-6-2-1-3-7-11/h1-9H,10H2,(H,18,23)(H,19,22). The maximum Gasteiger partial charge on any atom is 0.269 e. The van der Waals surface area contributed by atoms with Gasteiger partial charge in [0.15, 0.2) is 0 Å². The van der Waals surface area contributed by atoms with Crippen molar-refractivity contribution in [1.82, 2.24) is 10.4 Å². The number of para-hydroxylation sites is 1. The lowest BCUT2D eigenvalue weighted by molar-refractivity contribution is -0.139. The normalized spacial score (nSPS) is 21.8. The molecule has 0 aromatic heterocycles. The Morgan fingerprint density at radius 1 is 1.08 bits per heavy atom. The van der Waals surface area contributed by atoms with Gasteiger partial charge in [-0.2, -0.15) is 0 Å². The van der Waals surface area contributed by atoms with Crippen LogP contribution in [0, 0.1) is 0 Å². The highest BCUT2D eigenvalue weighted by molar-refractivity contribution is 8.02. The van der Waals surface area contributed by atoms with Gasteiger partial charge in [0, 0.05) is 16.8 Å². The van der Waals surface area contributed by atoms with Crippen molar-refractivity contribution in [1.29, 1.82) is 0 Å². The van der Waals surface area contributed by atoms with Crippen LogP contribution < -0.4 is 10.7 Å². The zero-order valence-corrected chi connectivity index (χ0v) is 13.3. The fourth-order valence-electron chi connectivity index (χ4n) is 2.95. The topological polar surface area (TPSA) is 78.5 Å². The molecule has 1 fully saturated rings. The molecule has 1 saturated heterocycles. The average molecular weight is 339 g/mol. The molecule has 1 spiro atoms. The fourth-order valence-corrected chi connectivity index (χ4v) is 4.20. The van der Waals surface area contributed by atoms with E-state index in [0.29, 0.717) is 16.8 Å². The van der Waals surface area contributed by atoms with Gasteiger partial charge in [-0.15, -0.1) is 11.8 Å². The number of rotatable bonds is 2. The summed E-state index contributed by atoms with van der Waals surface area (Å²) in [4.78, 5) is 36.2. The monoisotopic (exact) mass is 339 g/mol. The number of hydrogen-bond donors (Lipinski definition) is 2. The Bertz CT molecular complexity index is 855. The summed E-state index contributed by atoms with van der Waals surface area (Å²) in [5.74, 6) is -0.941. The maximum absolute atomic E-state index is 12.7. The Morgan fingerprint density at radius 2 is 1.79 bits per heavy atom. The van der Waals surface area contributed by atoms with Crippen molar-refractivity contribution in [2.24, 2.45) is 0 Å².